The first-order chi connectivity index (χ1) is 7.61. The van der Waals surface area contributed by atoms with Gasteiger partial charge in [-0.1, -0.05) is 11.6 Å². The van der Waals surface area contributed by atoms with Crippen LogP contribution in [0.1, 0.15) is 17.9 Å². The van der Waals surface area contributed by atoms with Crippen LogP contribution >= 0.6 is 11.6 Å². The molecule has 4 nitrogen and oxygen atoms in total. The van der Waals surface area contributed by atoms with Crippen LogP contribution in [0.2, 0.25) is 5.15 Å². The fraction of sp³-hybridized carbons (Fsp3) is 0.636. The molecule has 0 fully saturated rings. The third-order valence-corrected chi connectivity index (χ3v) is 2.44. The average Bonchev–Trinajstić information content (AvgIpc) is 2.16. The Kier molecular flexibility index (Phi) is 5.66. The lowest BCUT2D eigenvalue weighted by Gasteiger charge is -2.15. The van der Waals surface area contributed by atoms with Crippen molar-refractivity contribution in [3.05, 3.63) is 22.7 Å². The summed E-state index contributed by atoms with van der Waals surface area (Å²) in [6, 6.07) is 1.77. The number of nitrogens with one attached hydrogen (secondary N) is 1. The summed E-state index contributed by atoms with van der Waals surface area (Å²) in [7, 11) is 4.03. The molecule has 0 aliphatic heterocycles. The van der Waals surface area contributed by atoms with Gasteiger partial charge in [-0.05, 0) is 46.6 Å². The zero-order valence-electron chi connectivity index (χ0n) is 10.1. The number of aryl methyl sites for hydroxylation is 1. The molecule has 0 atom stereocenters. The van der Waals surface area contributed by atoms with Crippen molar-refractivity contribution in [2.24, 2.45) is 0 Å². The zero-order chi connectivity index (χ0) is 12.0. The monoisotopic (exact) mass is 242 g/mol. The van der Waals surface area contributed by atoms with Crippen molar-refractivity contribution < 1.29 is 0 Å². The van der Waals surface area contributed by atoms with E-state index in [1.807, 2.05) is 14.0 Å². The molecule has 16 heavy (non-hydrogen) atoms. The normalized spacial score (nSPS) is 11.1. The fourth-order valence-electron chi connectivity index (χ4n) is 1.51. The first-order valence-corrected chi connectivity index (χ1v) is 5.83. The van der Waals surface area contributed by atoms with Crippen LogP contribution in [0.5, 0.6) is 0 Å². The summed E-state index contributed by atoms with van der Waals surface area (Å²) >= 11 is 5.88. The third kappa shape index (κ3) is 4.88. The largest absolute Gasteiger partial charge is 0.320 e. The van der Waals surface area contributed by atoms with E-state index in [1.54, 1.807) is 6.07 Å². The second kappa shape index (κ2) is 6.78. The molecule has 1 N–H and O–H groups in total. The number of rotatable bonds is 6. The van der Waals surface area contributed by atoms with Gasteiger partial charge in [0, 0.05) is 5.69 Å². The fourth-order valence-corrected chi connectivity index (χ4v) is 1.76. The molecule has 0 spiro atoms. The van der Waals surface area contributed by atoms with Crippen LogP contribution in [-0.2, 0) is 6.54 Å². The standard InChI is InChI=1S/C11H19ClN4/c1-9-7-10(12)15-11(14-9)8-16(3)6-4-5-13-2/h7,13H,4-6,8H2,1-3H3. The van der Waals surface area contributed by atoms with E-state index in [0.29, 0.717) is 5.15 Å². The summed E-state index contributed by atoms with van der Waals surface area (Å²) in [6.45, 7) is 4.72. The summed E-state index contributed by atoms with van der Waals surface area (Å²) in [6.07, 6.45) is 1.12. The van der Waals surface area contributed by atoms with Crippen molar-refractivity contribution in [3.8, 4) is 0 Å². The van der Waals surface area contributed by atoms with Crippen molar-refractivity contribution in [2.45, 2.75) is 19.9 Å². The molecule has 1 aromatic heterocycles. The van der Waals surface area contributed by atoms with Gasteiger partial charge < -0.3 is 5.32 Å². The van der Waals surface area contributed by atoms with E-state index in [4.69, 9.17) is 11.6 Å². The van der Waals surface area contributed by atoms with Crippen LogP contribution in [0.15, 0.2) is 6.07 Å². The van der Waals surface area contributed by atoms with E-state index in [-0.39, 0.29) is 0 Å². The lowest BCUT2D eigenvalue weighted by Crippen LogP contribution is -2.23. The van der Waals surface area contributed by atoms with Crippen LogP contribution in [0.25, 0.3) is 0 Å². The van der Waals surface area contributed by atoms with Gasteiger partial charge in [-0.2, -0.15) is 0 Å². The molecule has 0 bridgehead atoms. The Morgan fingerprint density at radius 3 is 2.81 bits per heavy atom. The highest BCUT2D eigenvalue weighted by molar-refractivity contribution is 6.29. The molecule has 0 aromatic carbocycles. The zero-order valence-corrected chi connectivity index (χ0v) is 10.9. The van der Waals surface area contributed by atoms with E-state index in [9.17, 15) is 0 Å². The molecule has 0 radical (unpaired) electrons. The molecular formula is C11H19ClN4. The van der Waals surface area contributed by atoms with Crippen LogP contribution in [0.3, 0.4) is 0 Å². The van der Waals surface area contributed by atoms with E-state index < -0.39 is 0 Å². The maximum absolute atomic E-state index is 5.88. The summed E-state index contributed by atoms with van der Waals surface area (Å²) in [5, 5.41) is 3.65. The molecule has 0 unspecified atom stereocenters. The predicted octanol–water partition coefficient (Wildman–Crippen LogP) is 1.48. The van der Waals surface area contributed by atoms with Crippen LogP contribution in [-0.4, -0.2) is 42.1 Å². The molecule has 90 valence electrons. The smallest absolute Gasteiger partial charge is 0.144 e. The van der Waals surface area contributed by atoms with Crippen LogP contribution in [0.4, 0.5) is 0 Å². The summed E-state index contributed by atoms with van der Waals surface area (Å²) in [5.74, 6) is 0.789. The topological polar surface area (TPSA) is 41.0 Å². The van der Waals surface area contributed by atoms with Gasteiger partial charge in [0.25, 0.3) is 0 Å². The van der Waals surface area contributed by atoms with E-state index in [1.165, 1.54) is 0 Å². The molecule has 1 heterocycles. The summed E-state index contributed by atoms with van der Waals surface area (Å²) in [5.41, 5.74) is 0.915. The van der Waals surface area contributed by atoms with E-state index >= 15 is 0 Å². The van der Waals surface area contributed by atoms with Gasteiger partial charge in [-0.25, -0.2) is 9.97 Å². The molecule has 0 aliphatic carbocycles. The first kappa shape index (κ1) is 13.4. The van der Waals surface area contributed by atoms with Gasteiger partial charge in [-0.15, -0.1) is 0 Å². The second-order valence-corrected chi connectivity index (χ2v) is 4.33. The van der Waals surface area contributed by atoms with E-state index in [0.717, 1.165) is 37.6 Å². The number of halogens is 1. The Balaban J connectivity index is 2.45. The van der Waals surface area contributed by atoms with Crippen molar-refractivity contribution in [1.82, 2.24) is 20.2 Å². The number of nitrogens with zero attached hydrogens (tertiary/aromatic N) is 3. The molecule has 5 heteroatoms. The third-order valence-electron chi connectivity index (χ3n) is 2.25. The van der Waals surface area contributed by atoms with Crippen molar-refractivity contribution in [2.75, 3.05) is 27.2 Å². The highest BCUT2D eigenvalue weighted by Gasteiger charge is 2.04. The van der Waals surface area contributed by atoms with Gasteiger partial charge in [0.2, 0.25) is 0 Å². The minimum atomic E-state index is 0.520. The van der Waals surface area contributed by atoms with Crippen LogP contribution in [0, 0.1) is 6.92 Å². The molecule has 0 aliphatic rings. The number of aromatic nitrogens is 2. The highest BCUT2D eigenvalue weighted by Crippen LogP contribution is 2.07. The molecule has 1 aromatic rings. The maximum Gasteiger partial charge on any atom is 0.144 e. The summed E-state index contributed by atoms with van der Waals surface area (Å²) < 4.78 is 0. The molecule has 1 rings (SSSR count). The van der Waals surface area contributed by atoms with Crippen LogP contribution < -0.4 is 5.32 Å². The minimum Gasteiger partial charge on any atom is -0.320 e. The maximum atomic E-state index is 5.88. The van der Waals surface area contributed by atoms with Gasteiger partial charge in [0.05, 0.1) is 6.54 Å². The first-order valence-electron chi connectivity index (χ1n) is 5.45. The van der Waals surface area contributed by atoms with Gasteiger partial charge in [0.1, 0.15) is 11.0 Å². The Morgan fingerprint density at radius 2 is 2.19 bits per heavy atom. The Bertz CT molecular complexity index is 310. The molecule has 0 amide bonds. The number of hydrogen-bond donors (Lipinski definition) is 1. The second-order valence-electron chi connectivity index (χ2n) is 3.94. The van der Waals surface area contributed by atoms with Crippen molar-refractivity contribution >= 4 is 11.6 Å². The van der Waals surface area contributed by atoms with Gasteiger partial charge in [0.15, 0.2) is 0 Å². The Morgan fingerprint density at radius 1 is 1.44 bits per heavy atom. The quantitative estimate of drug-likeness (QED) is 0.606. The van der Waals surface area contributed by atoms with E-state index in [2.05, 4.69) is 27.2 Å². The lowest BCUT2D eigenvalue weighted by molar-refractivity contribution is 0.313. The molecule has 0 saturated heterocycles. The highest BCUT2D eigenvalue weighted by atomic mass is 35.5. The average molecular weight is 243 g/mol. The SMILES string of the molecule is CNCCCN(C)Cc1nc(C)cc(Cl)n1. The minimum absolute atomic E-state index is 0.520. The van der Waals surface area contributed by atoms with Crippen molar-refractivity contribution in [3.63, 3.8) is 0 Å². The Hall–Kier alpha value is -0.710. The predicted molar refractivity (Wildman–Crippen MR) is 66.7 cm³/mol. The molecule has 0 saturated carbocycles. The van der Waals surface area contributed by atoms with Gasteiger partial charge >= 0.3 is 0 Å². The number of hydrogen-bond acceptors (Lipinski definition) is 4. The van der Waals surface area contributed by atoms with Crippen molar-refractivity contribution in [1.29, 1.82) is 0 Å². The Labute approximate surface area is 102 Å². The summed E-state index contributed by atoms with van der Waals surface area (Å²) in [4.78, 5) is 10.7. The molecular weight excluding hydrogens is 224 g/mol. The van der Waals surface area contributed by atoms with Gasteiger partial charge in [-0.3, -0.25) is 4.90 Å². The lowest BCUT2D eigenvalue weighted by atomic mass is 10.3.